The fourth-order valence-electron chi connectivity index (χ4n) is 1.28. The van der Waals surface area contributed by atoms with E-state index in [1.807, 2.05) is 0 Å². The summed E-state index contributed by atoms with van der Waals surface area (Å²) in [5.41, 5.74) is 5.09. The zero-order chi connectivity index (χ0) is 9.52. The molecule has 1 heterocycles. The molecule has 0 aromatic heterocycles. The van der Waals surface area contributed by atoms with Gasteiger partial charge in [-0.1, -0.05) is 0 Å². The highest BCUT2D eigenvalue weighted by Gasteiger charge is 2.09. The van der Waals surface area contributed by atoms with E-state index >= 15 is 0 Å². The number of rotatable bonds is 4. The number of nitrogens with two attached hydrogens (primary N) is 1. The molecule has 5 nitrogen and oxygen atoms in total. The molecule has 3 N–H and O–H groups in total. The van der Waals surface area contributed by atoms with E-state index in [1.165, 1.54) is 0 Å². The standard InChI is InChI=1S/C8H17N3O2/c9-7-8(12)13-6-5-11-3-1-10-2-4-11/h10H,1-7,9H2. The smallest absolute Gasteiger partial charge is 0.319 e. The van der Waals surface area contributed by atoms with E-state index in [0.717, 1.165) is 32.7 Å². The Balaban J connectivity index is 2.01. The summed E-state index contributed by atoms with van der Waals surface area (Å²) in [4.78, 5) is 12.9. The van der Waals surface area contributed by atoms with Gasteiger partial charge in [0.15, 0.2) is 0 Å². The highest BCUT2D eigenvalue weighted by Crippen LogP contribution is 1.91. The van der Waals surface area contributed by atoms with Crippen molar-refractivity contribution >= 4 is 5.97 Å². The second-order valence-corrected chi connectivity index (χ2v) is 3.02. The maximum absolute atomic E-state index is 10.7. The molecule has 0 saturated carbocycles. The Morgan fingerprint density at radius 1 is 1.46 bits per heavy atom. The van der Waals surface area contributed by atoms with Crippen molar-refractivity contribution in [1.29, 1.82) is 0 Å². The zero-order valence-corrected chi connectivity index (χ0v) is 7.79. The van der Waals surface area contributed by atoms with Gasteiger partial charge in [0.2, 0.25) is 0 Å². The third-order valence-electron chi connectivity index (χ3n) is 2.05. The first-order chi connectivity index (χ1) is 6.33. The molecular formula is C8H17N3O2. The molecule has 0 unspecified atom stereocenters. The van der Waals surface area contributed by atoms with Crippen molar-refractivity contribution in [3.05, 3.63) is 0 Å². The third kappa shape index (κ3) is 4.21. The Hall–Kier alpha value is -0.650. The van der Waals surface area contributed by atoms with Gasteiger partial charge in [-0.25, -0.2) is 0 Å². The van der Waals surface area contributed by atoms with E-state index in [1.54, 1.807) is 0 Å². The molecule has 5 heteroatoms. The largest absolute Gasteiger partial charge is 0.463 e. The number of carbonyl (C=O) groups excluding carboxylic acids is 1. The molecule has 0 amide bonds. The molecule has 1 aliphatic rings. The van der Waals surface area contributed by atoms with E-state index in [2.05, 4.69) is 10.2 Å². The summed E-state index contributed by atoms with van der Waals surface area (Å²) in [7, 11) is 0. The predicted octanol–water partition coefficient (Wildman–Crippen LogP) is -1.61. The molecule has 76 valence electrons. The third-order valence-corrected chi connectivity index (χ3v) is 2.05. The first-order valence-corrected chi connectivity index (χ1v) is 4.61. The van der Waals surface area contributed by atoms with E-state index in [-0.39, 0.29) is 12.5 Å². The topological polar surface area (TPSA) is 67.6 Å². The molecule has 1 aliphatic heterocycles. The van der Waals surface area contributed by atoms with Crippen molar-refractivity contribution in [3.8, 4) is 0 Å². The van der Waals surface area contributed by atoms with Crippen LogP contribution in [0.5, 0.6) is 0 Å². The lowest BCUT2D eigenvalue weighted by atomic mass is 10.4. The Bertz CT molecular complexity index is 157. The summed E-state index contributed by atoms with van der Waals surface area (Å²) in [6, 6.07) is 0. The summed E-state index contributed by atoms with van der Waals surface area (Å²) in [5.74, 6) is -0.324. The second-order valence-electron chi connectivity index (χ2n) is 3.02. The van der Waals surface area contributed by atoms with Gasteiger partial charge in [-0.05, 0) is 0 Å². The SMILES string of the molecule is NCC(=O)OCCN1CCNCC1. The summed E-state index contributed by atoms with van der Waals surface area (Å²) in [6.45, 7) is 5.33. The van der Waals surface area contributed by atoms with Gasteiger partial charge in [0.05, 0.1) is 6.54 Å². The molecule has 0 atom stereocenters. The molecule has 0 aliphatic carbocycles. The van der Waals surface area contributed by atoms with Gasteiger partial charge < -0.3 is 15.8 Å². The summed E-state index contributed by atoms with van der Waals surface area (Å²) in [6.07, 6.45) is 0. The molecule has 0 spiro atoms. The van der Waals surface area contributed by atoms with E-state index in [4.69, 9.17) is 10.5 Å². The van der Waals surface area contributed by atoms with Crippen LogP contribution in [-0.2, 0) is 9.53 Å². The molecule has 1 saturated heterocycles. The Kier molecular flexibility index (Phi) is 4.74. The lowest BCUT2D eigenvalue weighted by molar-refractivity contribution is -0.142. The van der Waals surface area contributed by atoms with Gasteiger partial charge >= 0.3 is 5.97 Å². The zero-order valence-electron chi connectivity index (χ0n) is 7.79. The Morgan fingerprint density at radius 3 is 2.77 bits per heavy atom. The number of ether oxygens (including phenoxy) is 1. The number of hydrogen-bond donors (Lipinski definition) is 2. The summed E-state index contributed by atoms with van der Waals surface area (Å²) in [5, 5.41) is 3.26. The minimum Gasteiger partial charge on any atom is -0.463 e. The Labute approximate surface area is 78.2 Å². The minimum absolute atomic E-state index is 0.0262. The van der Waals surface area contributed by atoms with Crippen LogP contribution < -0.4 is 11.1 Å². The number of esters is 1. The molecule has 0 radical (unpaired) electrons. The van der Waals surface area contributed by atoms with Crippen LogP contribution in [0.2, 0.25) is 0 Å². The Morgan fingerprint density at radius 2 is 2.15 bits per heavy atom. The van der Waals surface area contributed by atoms with Crippen LogP contribution in [0.15, 0.2) is 0 Å². The lowest BCUT2D eigenvalue weighted by Gasteiger charge is -2.26. The van der Waals surface area contributed by atoms with Gasteiger partial charge in [-0.15, -0.1) is 0 Å². The van der Waals surface area contributed by atoms with E-state index < -0.39 is 0 Å². The molecule has 1 rings (SSSR count). The molecule has 13 heavy (non-hydrogen) atoms. The quantitative estimate of drug-likeness (QED) is 0.518. The maximum Gasteiger partial charge on any atom is 0.319 e. The van der Waals surface area contributed by atoms with Crippen molar-refractivity contribution in [2.24, 2.45) is 5.73 Å². The fourth-order valence-corrected chi connectivity index (χ4v) is 1.28. The van der Waals surface area contributed by atoms with Gasteiger partial charge in [0.25, 0.3) is 0 Å². The molecular weight excluding hydrogens is 170 g/mol. The van der Waals surface area contributed by atoms with Crippen LogP contribution in [-0.4, -0.2) is 56.7 Å². The second kappa shape index (κ2) is 5.90. The highest BCUT2D eigenvalue weighted by molar-refractivity contribution is 5.71. The molecule has 0 aromatic rings. The van der Waals surface area contributed by atoms with Crippen molar-refractivity contribution in [1.82, 2.24) is 10.2 Å². The lowest BCUT2D eigenvalue weighted by Crippen LogP contribution is -2.44. The first kappa shape index (κ1) is 10.4. The maximum atomic E-state index is 10.7. The molecule has 0 bridgehead atoms. The van der Waals surface area contributed by atoms with Gasteiger partial charge in [0, 0.05) is 32.7 Å². The van der Waals surface area contributed by atoms with Crippen LogP contribution in [0.4, 0.5) is 0 Å². The average Bonchev–Trinajstić information content (AvgIpc) is 2.19. The van der Waals surface area contributed by atoms with Crippen LogP contribution in [0.1, 0.15) is 0 Å². The monoisotopic (exact) mass is 187 g/mol. The molecule has 0 aromatic carbocycles. The molecule has 1 fully saturated rings. The van der Waals surface area contributed by atoms with Gasteiger partial charge in [-0.2, -0.15) is 0 Å². The number of piperazine rings is 1. The van der Waals surface area contributed by atoms with Crippen molar-refractivity contribution < 1.29 is 9.53 Å². The van der Waals surface area contributed by atoms with E-state index in [0.29, 0.717) is 6.61 Å². The predicted molar refractivity (Wildman–Crippen MR) is 49.3 cm³/mol. The van der Waals surface area contributed by atoms with Crippen molar-refractivity contribution in [3.63, 3.8) is 0 Å². The first-order valence-electron chi connectivity index (χ1n) is 4.61. The fraction of sp³-hybridized carbons (Fsp3) is 0.875. The minimum atomic E-state index is -0.324. The van der Waals surface area contributed by atoms with Crippen molar-refractivity contribution in [2.45, 2.75) is 0 Å². The van der Waals surface area contributed by atoms with E-state index in [9.17, 15) is 4.79 Å². The van der Waals surface area contributed by atoms with Gasteiger partial charge in [-0.3, -0.25) is 9.69 Å². The summed E-state index contributed by atoms with van der Waals surface area (Å²) < 4.78 is 4.87. The van der Waals surface area contributed by atoms with Crippen LogP contribution in [0, 0.1) is 0 Å². The normalized spacial score (nSPS) is 18.5. The number of carbonyl (C=O) groups is 1. The number of hydrogen-bond acceptors (Lipinski definition) is 5. The summed E-state index contributed by atoms with van der Waals surface area (Å²) >= 11 is 0. The van der Waals surface area contributed by atoms with Gasteiger partial charge in [0.1, 0.15) is 6.61 Å². The number of nitrogens with zero attached hydrogens (tertiary/aromatic N) is 1. The number of nitrogens with one attached hydrogen (secondary N) is 1. The van der Waals surface area contributed by atoms with Crippen LogP contribution >= 0.6 is 0 Å². The van der Waals surface area contributed by atoms with Crippen LogP contribution in [0.25, 0.3) is 0 Å². The highest BCUT2D eigenvalue weighted by atomic mass is 16.5. The van der Waals surface area contributed by atoms with Crippen LogP contribution in [0.3, 0.4) is 0 Å². The van der Waals surface area contributed by atoms with Crippen molar-refractivity contribution in [2.75, 3.05) is 45.9 Å². The average molecular weight is 187 g/mol.